The third-order valence-corrected chi connectivity index (χ3v) is 4.44. The van der Waals surface area contributed by atoms with Gasteiger partial charge in [-0.1, -0.05) is 23.4 Å². The van der Waals surface area contributed by atoms with Crippen LogP contribution >= 0.6 is 23.4 Å². The molecule has 9 nitrogen and oxygen atoms in total. The van der Waals surface area contributed by atoms with Crippen molar-refractivity contribution in [3.05, 3.63) is 63.4 Å². The number of benzene rings is 2. The Morgan fingerprint density at radius 2 is 2.04 bits per heavy atom. The zero-order chi connectivity index (χ0) is 19.4. The van der Waals surface area contributed by atoms with E-state index in [4.69, 9.17) is 11.6 Å². The lowest BCUT2D eigenvalue weighted by molar-refractivity contribution is -0.387. The minimum absolute atomic E-state index is 0.0564. The van der Waals surface area contributed by atoms with Gasteiger partial charge in [0.05, 0.1) is 16.4 Å². The highest BCUT2D eigenvalue weighted by molar-refractivity contribution is 7.99. The second-order valence-corrected chi connectivity index (χ2v) is 6.49. The van der Waals surface area contributed by atoms with Crippen LogP contribution in [-0.2, 0) is 4.79 Å². The maximum absolute atomic E-state index is 13.3. The summed E-state index contributed by atoms with van der Waals surface area (Å²) in [6.07, 6.45) is 0. The summed E-state index contributed by atoms with van der Waals surface area (Å²) in [6, 6.07) is 9.92. The summed E-state index contributed by atoms with van der Waals surface area (Å²) in [5, 5.41) is 25.5. The summed E-state index contributed by atoms with van der Waals surface area (Å²) in [6.45, 7) is 0. The molecule has 0 aliphatic heterocycles. The van der Waals surface area contributed by atoms with Crippen molar-refractivity contribution in [2.75, 3.05) is 11.1 Å². The van der Waals surface area contributed by atoms with Crippen molar-refractivity contribution in [3.8, 4) is 5.69 Å². The van der Waals surface area contributed by atoms with Gasteiger partial charge in [0.1, 0.15) is 0 Å². The molecule has 0 atom stereocenters. The Morgan fingerprint density at radius 1 is 1.30 bits per heavy atom. The lowest BCUT2D eigenvalue weighted by atomic mass is 10.2. The summed E-state index contributed by atoms with van der Waals surface area (Å²) >= 11 is 6.92. The van der Waals surface area contributed by atoms with Gasteiger partial charge in [0.15, 0.2) is 0 Å². The summed E-state index contributed by atoms with van der Waals surface area (Å²) in [5.74, 6) is -1.49. The lowest BCUT2D eigenvalue weighted by Gasteiger charge is -2.06. The van der Waals surface area contributed by atoms with Gasteiger partial charge in [-0.25, -0.2) is 0 Å². The Balaban J connectivity index is 1.65. The number of amides is 1. The molecule has 0 unspecified atom stereocenters. The van der Waals surface area contributed by atoms with Crippen molar-refractivity contribution in [2.24, 2.45) is 0 Å². The van der Waals surface area contributed by atoms with Crippen molar-refractivity contribution >= 4 is 40.6 Å². The quantitative estimate of drug-likeness (QED) is 0.378. The van der Waals surface area contributed by atoms with E-state index in [9.17, 15) is 19.3 Å². The molecule has 0 saturated carbocycles. The van der Waals surface area contributed by atoms with E-state index in [2.05, 4.69) is 20.8 Å². The highest BCUT2D eigenvalue weighted by atomic mass is 35.5. The van der Waals surface area contributed by atoms with Crippen molar-refractivity contribution < 1.29 is 14.1 Å². The second kappa shape index (κ2) is 8.10. The molecular weight excluding hydrogens is 399 g/mol. The first kappa shape index (κ1) is 18.7. The van der Waals surface area contributed by atoms with E-state index in [-0.39, 0.29) is 11.4 Å². The number of aromatic nitrogens is 4. The lowest BCUT2D eigenvalue weighted by Crippen LogP contribution is -2.15. The molecule has 3 rings (SSSR count). The molecule has 138 valence electrons. The van der Waals surface area contributed by atoms with Gasteiger partial charge >= 0.3 is 5.69 Å². The SMILES string of the molecule is O=C(CSc1nnnn1-c1ccc(Cl)cc1)Nc1ccc(F)c([N+](=O)[O-])c1. The molecule has 12 heteroatoms. The average Bonchev–Trinajstić information content (AvgIpc) is 3.10. The molecule has 27 heavy (non-hydrogen) atoms. The number of nitrogens with zero attached hydrogens (tertiary/aromatic N) is 5. The van der Waals surface area contributed by atoms with E-state index < -0.39 is 22.3 Å². The van der Waals surface area contributed by atoms with Crippen LogP contribution in [0.15, 0.2) is 47.6 Å². The zero-order valence-corrected chi connectivity index (χ0v) is 14.9. The largest absolute Gasteiger partial charge is 0.325 e. The molecule has 0 bridgehead atoms. The summed E-state index contributed by atoms with van der Waals surface area (Å²) in [7, 11) is 0. The fourth-order valence-electron chi connectivity index (χ4n) is 2.07. The predicted molar refractivity (Wildman–Crippen MR) is 96.6 cm³/mol. The number of hydrogen-bond acceptors (Lipinski definition) is 7. The number of hydrogen-bond donors (Lipinski definition) is 1. The fourth-order valence-corrected chi connectivity index (χ4v) is 2.89. The minimum atomic E-state index is -0.977. The smallest absolute Gasteiger partial charge is 0.306 e. The predicted octanol–water partition coefficient (Wildman–Crippen LogP) is 3.09. The third-order valence-electron chi connectivity index (χ3n) is 3.27. The maximum Gasteiger partial charge on any atom is 0.306 e. The fraction of sp³-hybridized carbons (Fsp3) is 0.0667. The van der Waals surface area contributed by atoms with E-state index in [1.165, 1.54) is 10.7 Å². The van der Waals surface area contributed by atoms with Gasteiger partial charge in [-0.2, -0.15) is 9.07 Å². The van der Waals surface area contributed by atoms with E-state index in [1.54, 1.807) is 24.3 Å². The molecule has 2 aromatic carbocycles. The number of rotatable bonds is 6. The highest BCUT2D eigenvalue weighted by Gasteiger charge is 2.16. The van der Waals surface area contributed by atoms with Gasteiger partial charge in [-0.15, -0.1) is 5.10 Å². The van der Waals surface area contributed by atoms with Crippen LogP contribution in [0.4, 0.5) is 15.8 Å². The number of carbonyl (C=O) groups excluding carboxylic acids is 1. The van der Waals surface area contributed by atoms with E-state index in [0.717, 1.165) is 23.9 Å². The van der Waals surface area contributed by atoms with Crippen LogP contribution in [0.25, 0.3) is 5.69 Å². The zero-order valence-electron chi connectivity index (χ0n) is 13.4. The number of halogens is 2. The first-order valence-corrected chi connectivity index (χ1v) is 8.71. The first-order valence-electron chi connectivity index (χ1n) is 7.35. The number of tetrazole rings is 1. The normalized spacial score (nSPS) is 10.6. The number of thioether (sulfide) groups is 1. The topological polar surface area (TPSA) is 116 Å². The third kappa shape index (κ3) is 4.57. The van der Waals surface area contributed by atoms with Crippen LogP contribution < -0.4 is 5.32 Å². The Labute approximate surface area is 160 Å². The van der Waals surface area contributed by atoms with Gasteiger partial charge in [0, 0.05) is 16.8 Å². The molecule has 1 N–H and O–H groups in total. The van der Waals surface area contributed by atoms with E-state index >= 15 is 0 Å². The van der Waals surface area contributed by atoms with Gasteiger partial charge in [0.2, 0.25) is 16.9 Å². The van der Waals surface area contributed by atoms with Crippen molar-refractivity contribution in [1.29, 1.82) is 0 Å². The Hall–Kier alpha value is -3.05. The monoisotopic (exact) mass is 408 g/mol. The summed E-state index contributed by atoms with van der Waals surface area (Å²) in [5.41, 5.74) is 0.0691. The highest BCUT2D eigenvalue weighted by Crippen LogP contribution is 2.23. The van der Waals surface area contributed by atoms with Crippen molar-refractivity contribution in [2.45, 2.75) is 5.16 Å². The van der Waals surface area contributed by atoms with E-state index in [0.29, 0.717) is 15.9 Å². The van der Waals surface area contributed by atoms with Gasteiger partial charge < -0.3 is 5.32 Å². The molecular formula is C15H10ClFN6O3S. The van der Waals surface area contributed by atoms with Crippen LogP contribution in [0.2, 0.25) is 5.02 Å². The Morgan fingerprint density at radius 3 is 2.74 bits per heavy atom. The molecule has 0 saturated heterocycles. The Bertz CT molecular complexity index is 997. The first-order chi connectivity index (χ1) is 12.9. The van der Waals surface area contributed by atoms with Gasteiger partial charge in [0.25, 0.3) is 0 Å². The van der Waals surface area contributed by atoms with E-state index in [1.807, 2.05) is 0 Å². The number of carbonyl (C=O) groups is 1. The number of nitro benzene ring substituents is 1. The summed E-state index contributed by atoms with van der Waals surface area (Å²) < 4.78 is 14.8. The molecule has 1 amide bonds. The van der Waals surface area contributed by atoms with Crippen LogP contribution in [0.5, 0.6) is 0 Å². The molecule has 3 aromatic rings. The average molecular weight is 409 g/mol. The van der Waals surface area contributed by atoms with Crippen LogP contribution in [0, 0.1) is 15.9 Å². The second-order valence-electron chi connectivity index (χ2n) is 5.11. The van der Waals surface area contributed by atoms with Crippen LogP contribution in [0.1, 0.15) is 0 Å². The number of nitrogens with one attached hydrogen (secondary N) is 1. The molecule has 1 aromatic heterocycles. The Kier molecular flexibility index (Phi) is 5.62. The van der Waals surface area contributed by atoms with Crippen LogP contribution in [0.3, 0.4) is 0 Å². The van der Waals surface area contributed by atoms with Gasteiger partial charge in [-0.3, -0.25) is 14.9 Å². The molecule has 0 spiro atoms. The van der Waals surface area contributed by atoms with Crippen molar-refractivity contribution in [3.63, 3.8) is 0 Å². The van der Waals surface area contributed by atoms with Gasteiger partial charge in [-0.05, 0) is 46.8 Å². The molecule has 0 aliphatic rings. The standard InChI is InChI=1S/C15H10ClFN6O3S/c16-9-1-4-11(5-2-9)22-15(19-20-21-22)27-8-14(24)18-10-3-6-12(17)13(7-10)23(25)26/h1-7H,8H2,(H,18,24). The molecule has 0 fully saturated rings. The molecule has 1 heterocycles. The molecule has 0 aliphatic carbocycles. The minimum Gasteiger partial charge on any atom is -0.325 e. The number of nitro groups is 1. The number of anilines is 1. The molecule has 0 radical (unpaired) electrons. The van der Waals surface area contributed by atoms with Crippen molar-refractivity contribution in [1.82, 2.24) is 20.2 Å². The maximum atomic E-state index is 13.3. The van der Waals surface area contributed by atoms with Crippen LogP contribution in [-0.4, -0.2) is 36.8 Å². The summed E-state index contributed by atoms with van der Waals surface area (Å²) in [4.78, 5) is 22.0.